The number of hydrogen-bond acceptors (Lipinski definition) is 1. The summed E-state index contributed by atoms with van der Waals surface area (Å²) in [5.41, 5.74) is 2.69. The van der Waals surface area contributed by atoms with Gasteiger partial charge in [0.1, 0.15) is 6.29 Å². The highest BCUT2D eigenvalue weighted by atomic mass is 16.1. The van der Waals surface area contributed by atoms with Crippen LogP contribution in [0.15, 0.2) is 48.1 Å². The van der Waals surface area contributed by atoms with Crippen molar-refractivity contribution in [1.29, 1.82) is 0 Å². The van der Waals surface area contributed by atoms with Gasteiger partial charge in [0.25, 0.3) is 0 Å². The zero-order valence-corrected chi connectivity index (χ0v) is 9.70. The maximum absolute atomic E-state index is 10.0. The van der Waals surface area contributed by atoms with Gasteiger partial charge in [-0.3, -0.25) is 4.79 Å². The fraction of sp³-hybridized carbons (Fsp3) is 0.357. The largest absolute Gasteiger partial charge is 0.299 e. The third-order valence-corrected chi connectivity index (χ3v) is 2.00. The van der Waals surface area contributed by atoms with Gasteiger partial charge in [0.05, 0.1) is 0 Å². The van der Waals surface area contributed by atoms with Gasteiger partial charge in [-0.2, -0.15) is 0 Å². The van der Waals surface area contributed by atoms with E-state index in [4.69, 9.17) is 0 Å². The molecule has 0 saturated heterocycles. The van der Waals surface area contributed by atoms with E-state index < -0.39 is 0 Å². The third-order valence-electron chi connectivity index (χ3n) is 2.00. The Morgan fingerprint density at radius 2 is 1.93 bits per heavy atom. The van der Waals surface area contributed by atoms with Crippen molar-refractivity contribution >= 4 is 6.29 Å². The number of carbonyl (C=O) groups is 1. The molecule has 0 aromatic heterocycles. The van der Waals surface area contributed by atoms with Crippen LogP contribution >= 0.6 is 0 Å². The molecule has 1 heteroatoms. The monoisotopic (exact) mass is 204 g/mol. The minimum absolute atomic E-state index is 0.813. The van der Waals surface area contributed by atoms with Crippen molar-refractivity contribution in [1.82, 2.24) is 0 Å². The molecule has 0 aromatic carbocycles. The van der Waals surface area contributed by atoms with E-state index in [2.05, 4.69) is 26.5 Å². The number of hydrogen-bond donors (Lipinski definition) is 0. The standard InChI is InChI=1S/C14H20O/c1-4-9-13(2)12-14(3)10-7-5-6-8-11-15/h4,6,8-11H,1,5,7,12H2,2-3H3/b8-6+,13-9+,14-10+. The fourth-order valence-electron chi connectivity index (χ4n) is 1.35. The maximum atomic E-state index is 10.0. The third kappa shape index (κ3) is 8.95. The SMILES string of the molecule is C=C/C=C(\C)C/C(C)=C/CC/C=C/C=O. The van der Waals surface area contributed by atoms with Gasteiger partial charge < -0.3 is 0 Å². The van der Waals surface area contributed by atoms with Crippen molar-refractivity contribution < 1.29 is 4.79 Å². The Morgan fingerprint density at radius 3 is 2.53 bits per heavy atom. The van der Waals surface area contributed by atoms with Crippen LogP contribution in [-0.4, -0.2) is 6.29 Å². The van der Waals surface area contributed by atoms with Crippen LogP contribution in [0.5, 0.6) is 0 Å². The van der Waals surface area contributed by atoms with Crippen molar-refractivity contribution in [2.45, 2.75) is 33.1 Å². The van der Waals surface area contributed by atoms with E-state index >= 15 is 0 Å². The first-order chi connectivity index (χ1) is 7.20. The average molecular weight is 204 g/mol. The summed E-state index contributed by atoms with van der Waals surface area (Å²) in [6.45, 7) is 7.90. The number of allylic oxidation sites excluding steroid dienone is 7. The van der Waals surface area contributed by atoms with E-state index in [0.29, 0.717) is 0 Å². The lowest BCUT2D eigenvalue weighted by molar-refractivity contribution is -0.104. The molecule has 0 atom stereocenters. The van der Waals surface area contributed by atoms with Crippen LogP contribution in [0.25, 0.3) is 0 Å². The molecule has 0 saturated carbocycles. The average Bonchev–Trinajstić information content (AvgIpc) is 2.17. The summed E-state index contributed by atoms with van der Waals surface area (Å²) in [6, 6.07) is 0. The molecule has 0 radical (unpaired) electrons. The molecule has 0 N–H and O–H groups in total. The van der Waals surface area contributed by atoms with Gasteiger partial charge in [0.15, 0.2) is 0 Å². The molecule has 82 valence electrons. The molecular formula is C14H20O. The van der Waals surface area contributed by atoms with Crippen LogP contribution in [0.3, 0.4) is 0 Å². The molecule has 0 heterocycles. The zero-order chi connectivity index (χ0) is 11.5. The maximum Gasteiger partial charge on any atom is 0.142 e. The van der Waals surface area contributed by atoms with E-state index in [9.17, 15) is 4.79 Å². The van der Waals surface area contributed by atoms with E-state index in [1.54, 1.807) is 6.08 Å². The van der Waals surface area contributed by atoms with Crippen LogP contribution in [0.4, 0.5) is 0 Å². The number of unbranched alkanes of at least 4 members (excludes halogenated alkanes) is 1. The van der Waals surface area contributed by atoms with Crippen molar-refractivity contribution in [3.63, 3.8) is 0 Å². The quantitative estimate of drug-likeness (QED) is 0.201. The molecule has 0 bridgehead atoms. The van der Waals surface area contributed by atoms with Crippen LogP contribution in [0.1, 0.15) is 33.1 Å². The smallest absolute Gasteiger partial charge is 0.142 e. The van der Waals surface area contributed by atoms with Crippen molar-refractivity contribution in [3.8, 4) is 0 Å². The molecule has 0 aliphatic heterocycles. The predicted molar refractivity (Wildman–Crippen MR) is 66.8 cm³/mol. The minimum atomic E-state index is 0.813. The normalized spacial score (nSPS) is 13.2. The molecule has 0 fully saturated rings. The van der Waals surface area contributed by atoms with Crippen LogP contribution in [0, 0.1) is 0 Å². The molecule has 0 spiro atoms. The van der Waals surface area contributed by atoms with Crippen LogP contribution in [-0.2, 0) is 4.79 Å². The highest BCUT2D eigenvalue weighted by molar-refractivity contribution is 5.64. The molecule has 15 heavy (non-hydrogen) atoms. The first kappa shape index (κ1) is 13.6. The zero-order valence-electron chi connectivity index (χ0n) is 9.70. The lowest BCUT2D eigenvalue weighted by atomic mass is 10.1. The lowest BCUT2D eigenvalue weighted by Crippen LogP contribution is -1.80. The molecule has 0 rings (SSSR count). The first-order valence-corrected chi connectivity index (χ1v) is 5.24. The number of aldehydes is 1. The Bertz CT molecular complexity index is 280. The van der Waals surface area contributed by atoms with Crippen LogP contribution < -0.4 is 0 Å². The molecule has 0 aliphatic carbocycles. The summed E-state index contributed by atoms with van der Waals surface area (Å²) < 4.78 is 0. The second-order valence-electron chi connectivity index (χ2n) is 3.62. The minimum Gasteiger partial charge on any atom is -0.299 e. The van der Waals surface area contributed by atoms with Crippen molar-refractivity contribution in [2.24, 2.45) is 0 Å². The van der Waals surface area contributed by atoms with Gasteiger partial charge in [-0.25, -0.2) is 0 Å². The second-order valence-corrected chi connectivity index (χ2v) is 3.62. The fourth-order valence-corrected chi connectivity index (χ4v) is 1.35. The van der Waals surface area contributed by atoms with Gasteiger partial charge in [-0.05, 0) is 39.2 Å². The Morgan fingerprint density at radius 1 is 1.20 bits per heavy atom. The summed E-state index contributed by atoms with van der Waals surface area (Å²) >= 11 is 0. The van der Waals surface area contributed by atoms with Gasteiger partial charge in [0, 0.05) is 0 Å². The van der Waals surface area contributed by atoms with E-state index in [1.807, 2.05) is 18.2 Å². The highest BCUT2D eigenvalue weighted by Gasteiger charge is 1.91. The molecule has 0 amide bonds. The van der Waals surface area contributed by atoms with E-state index in [0.717, 1.165) is 25.5 Å². The summed E-state index contributed by atoms with van der Waals surface area (Å²) in [4.78, 5) is 10.0. The summed E-state index contributed by atoms with van der Waals surface area (Å²) in [5, 5.41) is 0. The Hall–Kier alpha value is -1.37. The summed E-state index contributed by atoms with van der Waals surface area (Å²) in [5.74, 6) is 0. The lowest BCUT2D eigenvalue weighted by Gasteiger charge is -2.00. The second kappa shape index (κ2) is 9.20. The van der Waals surface area contributed by atoms with E-state index in [1.165, 1.54) is 11.1 Å². The van der Waals surface area contributed by atoms with E-state index in [-0.39, 0.29) is 0 Å². The van der Waals surface area contributed by atoms with Crippen molar-refractivity contribution in [3.05, 3.63) is 48.1 Å². The Balaban J connectivity index is 3.88. The highest BCUT2D eigenvalue weighted by Crippen LogP contribution is 2.11. The summed E-state index contributed by atoms with van der Waals surface area (Å²) in [6.07, 6.45) is 13.2. The number of rotatable bonds is 7. The molecule has 1 nitrogen and oxygen atoms in total. The van der Waals surface area contributed by atoms with Gasteiger partial charge in [0.2, 0.25) is 0 Å². The topological polar surface area (TPSA) is 17.1 Å². The Labute approximate surface area is 92.9 Å². The van der Waals surface area contributed by atoms with Gasteiger partial charge in [-0.1, -0.05) is 42.0 Å². The van der Waals surface area contributed by atoms with Gasteiger partial charge >= 0.3 is 0 Å². The Kier molecular flexibility index (Phi) is 8.36. The predicted octanol–water partition coefficient (Wildman–Crippen LogP) is 3.99. The van der Waals surface area contributed by atoms with Crippen LogP contribution in [0.2, 0.25) is 0 Å². The molecule has 0 unspecified atom stereocenters. The molecular weight excluding hydrogens is 184 g/mol. The molecule has 0 aliphatic rings. The number of carbonyl (C=O) groups excluding carboxylic acids is 1. The summed E-state index contributed by atoms with van der Waals surface area (Å²) in [7, 11) is 0. The first-order valence-electron chi connectivity index (χ1n) is 5.24. The molecule has 0 aromatic rings. The van der Waals surface area contributed by atoms with Crippen molar-refractivity contribution in [2.75, 3.05) is 0 Å². The van der Waals surface area contributed by atoms with Gasteiger partial charge in [-0.15, -0.1) is 0 Å².